The molecule has 0 bridgehead atoms. The van der Waals surface area contributed by atoms with Crippen LogP contribution < -0.4 is 10.6 Å². The molecule has 0 heterocycles. The van der Waals surface area contributed by atoms with Crippen LogP contribution in [-0.4, -0.2) is 57.8 Å². The summed E-state index contributed by atoms with van der Waals surface area (Å²) in [5.41, 5.74) is 4.52. The van der Waals surface area contributed by atoms with Gasteiger partial charge in [-0.2, -0.15) is 0 Å². The van der Waals surface area contributed by atoms with Gasteiger partial charge in [0.15, 0.2) is 0 Å². The number of aryl methyl sites for hydroxylation is 4. The quantitative estimate of drug-likeness (QED) is 0.255. The molecule has 0 aliphatic carbocycles. The fourth-order valence-corrected chi connectivity index (χ4v) is 4.90. The van der Waals surface area contributed by atoms with E-state index < -0.39 is 42.2 Å². The van der Waals surface area contributed by atoms with Gasteiger partial charge in [-0.25, -0.2) is 4.79 Å². The van der Waals surface area contributed by atoms with Gasteiger partial charge in [-0.1, -0.05) is 54.1 Å². The minimum absolute atomic E-state index is 0.0539. The molecule has 2 unspecified atom stereocenters. The number of anilines is 1. The van der Waals surface area contributed by atoms with Gasteiger partial charge in [0, 0.05) is 18.7 Å². The lowest BCUT2D eigenvalue weighted by molar-refractivity contribution is -0.141. The van der Waals surface area contributed by atoms with Crippen LogP contribution in [0.15, 0.2) is 60.7 Å². The number of carbonyl (C=O) groups excluding carboxylic acids is 3. The van der Waals surface area contributed by atoms with Crippen LogP contribution in [0.1, 0.15) is 60.2 Å². The van der Waals surface area contributed by atoms with E-state index in [2.05, 4.69) is 10.6 Å². The SMILES string of the molecule is Cc1ccc(C)c(C(C(=O)Nc2c(C)cccc2C)N(CCO)C(=O)C(Cc2ccc(O)cc2)NC(=O)OC(C)(C)C)c1. The third kappa shape index (κ3) is 9.06. The summed E-state index contributed by atoms with van der Waals surface area (Å²) in [5, 5.41) is 25.6. The van der Waals surface area contributed by atoms with Crippen LogP contribution in [0, 0.1) is 27.7 Å². The molecule has 9 nitrogen and oxygen atoms in total. The van der Waals surface area contributed by atoms with Crippen molar-refractivity contribution in [3.63, 3.8) is 0 Å². The number of hydrogen-bond acceptors (Lipinski definition) is 6. The second kappa shape index (κ2) is 14.2. The number of para-hydroxylation sites is 1. The predicted octanol–water partition coefficient (Wildman–Crippen LogP) is 5.26. The van der Waals surface area contributed by atoms with Gasteiger partial charge < -0.3 is 30.5 Å². The molecule has 0 fully saturated rings. The number of nitrogens with zero attached hydrogens (tertiary/aromatic N) is 1. The minimum atomic E-state index is -1.15. The van der Waals surface area contributed by atoms with Gasteiger partial charge in [0.25, 0.3) is 5.91 Å². The molecular formula is C34H43N3O6. The predicted molar refractivity (Wildman–Crippen MR) is 167 cm³/mol. The smallest absolute Gasteiger partial charge is 0.408 e. The number of ether oxygens (including phenoxy) is 1. The highest BCUT2D eigenvalue weighted by Gasteiger charge is 2.37. The Morgan fingerprint density at radius 1 is 0.907 bits per heavy atom. The molecule has 3 rings (SSSR count). The molecule has 4 N–H and O–H groups in total. The third-order valence-electron chi connectivity index (χ3n) is 7.01. The van der Waals surface area contributed by atoms with Gasteiger partial charge in [-0.05, 0) is 88.4 Å². The lowest BCUT2D eigenvalue weighted by Crippen LogP contribution is -2.54. The highest BCUT2D eigenvalue weighted by atomic mass is 16.6. The molecule has 0 radical (unpaired) electrons. The molecule has 43 heavy (non-hydrogen) atoms. The highest BCUT2D eigenvalue weighted by molar-refractivity contribution is 6.00. The van der Waals surface area contributed by atoms with Crippen molar-refractivity contribution in [1.29, 1.82) is 0 Å². The molecule has 9 heteroatoms. The fourth-order valence-electron chi connectivity index (χ4n) is 4.90. The van der Waals surface area contributed by atoms with Crippen LogP contribution in [0.4, 0.5) is 10.5 Å². The Kier molecular flexibility index (Phi) is 10.9. The number of amides is 3. The fraction of sp³-hybridized carbons (Fsp3) is 0.382. The number of aliphatic hydroxyl groups is 1. The van der Waals surface area contributed by atoms with Crippen LogP contribution in [0.2, 0.25) is 0 Å². The molecule has 3 amide bonds. The Hall–Kier alpha value is -4.37. The summed E-state index contributed by atoms with van der Waals surface area (Å²) in [6, 6.07) is 15.4. The maximum absolute atomic E-state index is 14.4. The Balaban J connectivity index is 2.11. The van der Waals surface area contributed by atoms with Crippen LogP contribution in [0.3, 0.4) is 0 Å². The molecule has 0 aliphatic heterocycles. The Labute approximate surface area is 253 Å². The van der Waals surface area contributed by atoms with E-state index in [1.54, 1.807) is 32.9 Å². The number of benzene rings is 3. The van der Waals surface area contributed by atoms with Crippen LogP contribution in [0.5, 0.6) is 5.75 Å². The number of aliphatic hydroxyl groups excluding tert-OH is 1. The zero-order chi connectivity index (χ0) is 31.9. The molecule has 3 aromatic carbocycles. The first-order valence-electron chi connectivity index (χ1n) is 14.3. The topological polar surface area (TPSA) is 128 Å². The molecule has 0 aromatic heterocycles. The molecule has 0 aliphatic rings. The number of phenols is 1. The van der Waals surface area contributed by atoms with Gasteiger partial charge in [-0.3, -0.25) is 9.59 Å². The second-order valence-electron chi connectivity index (χ2n) is 11.8. The average molecular weight is 590 g/mol. The summed E-state index contributed by atoms with van der Waals surface area (Å²) in [4.78, 5) is 42.9. The molecule has 0 saturated carbocycles. The van der Waals surface area contributed by atoms with Crippen LogP contribution in [0.25, 0.3) is 0 Å². The third-order valence-corrected chi connectivity index (χ3v) is 7.01. The van der Waals surface area contributed by atoms with Crippen molar-refractivity contribution in [2.45, 2.75) is 72.6 Å². The van der Waals surface area contributed by atoms with Gasteiger partial charge in [0.1, 0.15) is 23.4 Å². The van der Waals surface area contributed by atoms with E-state index in [-0.39, 0.29) is 18.7 Å². The molecule has 2 atom stereocenters. The van der Waals surface area contributed by atoms with Crippen molar-refractivity contribution < 1.29 is 29.3 Å². The average Bonchev–Trinajstić information content (AvgIpc) is 2.92. The number of rotatable bonds is 10. The Morgan fingerprint density at radius 3 is 2.12 bits per heavy atom. The van der Waals surface area contributed by atoms with E-state index in [4.69, 9.17) is 4.74 Å². The number of alkyl carbamates (subject to hydrolysis) is 1. The van der Waals surface area contributed by atoms with Gasteiger partial charge in [-0.15, -0.1) is 0 Å². The zero-order valence-corrected chi connectivity index (χ0v) is 26.0. The second-order valence-corrected chi connectivity index (χ2v) is 11.8. The number of aromatic hydroxyl groups is 1. The van der Waals surface area contributed by atoms with E-state index in [1.165, 1.54) is 17.0 Å². The monoisotopic (exact) mass is 589 g/mol. The summed E-state index contributed by atoms with van der Waals surface area (Å²) in [5.74, 6) is -0.962. The van der Waals surface area contributed by atoms with Crippen molar-refractivity contribution in [1.82, 2.24) is 10.2 Å². The number of nitrogens with one attached hydrogen (secondary N) is 2. The van der Waals surface area contributed by atoms with Crippen molar-refractivity contribution in [2.24, 2.45) is 0 Å². The number of carbonyl (C=O) groups is 3. The summed E-state index contributed by atoms with van der Waals surface area (Å²) < 4.78 is 5.46. The Bertz CT molecular complexity index is 1430. The number of phenolic OH excluding ortho intramolecular Hbond substituents is 1. The summed E-state index contributed by atoms with van der Waals surface area (Å²) >= 11 is 0. The van der Waals surface area contributed by atoms with E-state index in [0.717, 1.165) is 22.3 Å². The first-order chi connectivity index (χ1) is 20.2. The molecular weight excluding hydrogens is 546 g/mol. The first kappa shape index (κ1) is 33.1. The largest absolute Gasteiger partial charge is 0.508 e. The first-order valence-corrected chi connectivity index (χ1v) is 14.3. The van der Waals surface area contributed by atoms with Gasteiger partial charge >= 0.3 is 6.09 Å². The summed E-state index contributed by atoms with van der Waals surface area (Å²) in [7, 11) is 0. The standard InChI is InChI=1S/C34H43N3O6/c1-21-11-12-22(2)27(19-21)30(31(40)36-29-23(3)9-8-10-24(29)4)37(17-18-38)32(41)28(35-33(42)43-34(5,6)7)20-25-13-15-26(39)16-14-25/h8-16,19,28,30,38-39H,17-18,20H2,1-7H3,(H,35,42)(H,36,40). The van der Waals surface area contributed by atoms with E-state index in [1.807, 2.05) is 64.1 Å². The summed E-state index contributed by atoms with van der Waals surface area (Å²) in [6.45, 7) is 12.1. The lowest BCUT2D eigenvalue weighted by atomic mass is 9.95. The maximum atomic E-state index is 14.4. The molecule has 3 aromatic rings. The van der Waals surface area contributed by atoms with Gasteiger partial charge in [0.05, 0.1) is 6.61 Å². The normalized spacial score (nSPS) is 12.7. The maximum Gasteiger partial charge on any atom is 0.408 e. The van der Waals surface area contributed by atoms with Crippen molar-refractivity contribution in [3.8, 4) is 5.75 Å². The van der Waals surface area contributed by atoms with E-state index >= 15 is 0 Å². The van der Waals surface area contributed by atoms with Gasteiger partial charge in [0.2, 0.25) is 5.91 Å². The van der Waals surface area contributed by atoms with Crippen molar-refractivity contribution in [3.05, 3.63) is 94.0 Å². The summed E-state index contributed by atoms with van der Waals surface area (Å²) in [6.07, 6.45) is -0.741. The van der Waals surface area contributed by atoms with Crippen molar-refractivity contribution in [2.75, 3.05) is 18.5 Å². The van der Waals surface area contributed by atoms with Crippen LogP contribution in [-0.2, 0) is 20.7 Å². The van der Waals surface area contributed by atoms with E-state index in [0.29, 0.717) is 16.8 Å². The molecule has 0 saturated heterocycles. The minimum Gasteiger partial charge on any atom is -0.508 e. The zero-order valence-electron chi connectivity index (χ0n) is 26.0. The Morgan fingerprint density at radius 2 is 1.53 bits per heavy atom. The lowest BCUT2D eigenvalue weighted by Gasteiger charge is -2.35. The molecule has 230 valence electrons. The van der Waals surface area contributed by atoms with E-state index in [9.17, 15) is 24.6 Å². The molecule has 0 spiro atoms. The number of hydrogen-bond donors (Lipinski definition) is 4. The highest BCUT2D eigenvalue weighted by Crippen LogP contribution is 2.30. The van der Waals surface area contributed by atoms with Crippen LogP contribution >= 0.6 is 0 Å². The van der Waals surface area contributed by atoms with Crippen molar-refractivity contribution >= 4 is 23.6 Å².